The van der Waals surface area contributed by atoms with Crippen molar-refractivity contribution in [2.24, 2.45) is 0 Å². The van der Waals surface area contributed by atoms with E-state index in [-0.39, 0.29) is 23.3 Å². The number of hydrogen-bond donors (Lipinski definition) is 2. The van der Waals surface area contributed by atoms with Crippen LogP contribution in [0.1, 0.15) is 35.3 Å². The van der Waals surface area contributed by atoms with Crippen molar-refractivity contribution in [2.75, 3.05) is 13.7 Å². The number of carboxylic acids is 1. The van der Waals surface area contributed by atoms with Gasteiger partial charge in [0.05, 0.1) is 19.1 Å². The normalized spacial score (nSPS) is 11.0. The fraction of sp³-hybridized carbons (Fsp3) is 0.300. The molecule has 0 saturated carbocycles. The van der Waals surface area contributed by atoms with Crippen molar-refractivity contribution in [3.8, 4) is 5.75 Å². The van der Waals surface area contributed by atoms with Gasteiger partial charge in [-0.1, -0.05) is 38.1 Å². The van der Waals surface area contributed by atoms with Gasteiger partial charge in [0.15, 0.2) is 0 Å². The van der Waals surface area contributed by atoms with Gasteiger partial charge in [0.2, 0.25) is 5.91 Å². The first-order valence-corrected chi connectivity index (χ1v) is 8.05. The molecule has 0 aliphatic rings. The van der Waals surface area contributed by atoms with E-state index < -0.39 is 5.97 Å². The van der Waals surface area contributed by atoms with Crippen molar-refractivity contribution in [1.82, 2.24) is 5.32 Å². The smallest absolute Gasteiger partial charge is 0.335 e. The third-order valence-corrected chi connectivity index (χ3v) is 4.14. The Kier molecular flexibility index (Phi) is 5.80. The van der Waals surface area contributed by atoms with E-state index in [1.54, 1.807) is 19.2 Å². The number of hydrogen-bond acceptors (Lipinski definition) is 3. The zero-order valence-corrected chi connectivity index (χ0v) is 14.7. The number of rotatable bonds is 7. The maximum absolute atomic E-state index is 12.2. The molecule has 2 N–H and O–H groups in total. The molecular formula is C20H23NO4. The standard InChI is InChI=1S/C20H23NO4/c1-20(2,16-5-4-6-17(12-16)25-3)13-21-18(22)11-14-7-9-15(10-8-14)19(23)24/h4-10,12H,11,13H2,1-3H3,(H,21,22)(H,23,24). The molecular weight excluding hydrogens is 318 g/mol. The molecule has 5 nitrogen and oxygen atoms in total. The summed E-state index contributed by atoms with van der Waals surface area (Å²) in [6, 6.07) is 14.1. The average Bonchev–Trinajstić information content (AvgIpc) is 2.60. The van der Waals surface area contributed by atoms with Crippen LogP contribution in [0, 0.1) is 0 Å². The number of carboxylic acid groups (broad SMARTS) is 1. The summed E-state index contributed by atoms with van der Waals surface area (Å²) in [5, 5.41) is 11.8. The molecule has 0 heterocycles. The van der Waals surface area contributed by atoms with Crippen LogP contribution < -0.4 is 10.1 Å². The van der Waals surface area contributed by atoms with E-state index in [0.29, 0.717) is 6.54 Å². The average molecular weight is 341 g/mol. The first-order chi connectivity index (χ1) is 11.8. The SMILES string of the molecule is COc1cccc(C(C)(C)CNC(=O)Cc2ccc(C(=O)O)cc2)c1. The highest BCUT2D eigenvalue weighted by molar-refractivity contribution is 5.87. The van der Waals surface area contributed by atoms with Crippen LogP contribution in [0.25, 0.3) is 0 Å². The lowest BCUT2D eigenvalue weighted by molar-refractivity contribution is -0.120. The summed E-state index contributed by atoms with van der Waals surface area (Å²) in [6.07, 6.45) is 0.216. The fourth-order valence-electron chi connectivity index (χ4n) is 2.48. The first kappa shape index (κ1) is 18.5. The molecule has 1 amide bonds. The molecule has 2 aromatic rings. The number of carbonyl (C=O) groups excluding carboxylic acids is 1. The highest BCUT2D eigenvalue weighted by Gasteiger charge is 2.22. The molecule has 132 valence electrons. The van der Waals surface area contributed by atoms with Gasteiger partial charge in [-0.25, -0.2) is 4.79 Å². The van der Waals surface area contributed by atoms with E-state index in [9.17, 15) is 9.59 Å². The molecule has 0 fully saturated rings. The Morgan fingerprint density at radius 2 is 1.80 bits per heavy atom. The monoisotopic (exact) mass is 341 g/mol. The highest BCUT2D eigenvalue weighted by Crippen LogP contribution is 2.25. The fourth-order valence-corrected chi connectivity index (χ4v) is 2.48. The molecule has 0 aliphatic carbocycles. The molecule has 0 spiro atoms. The lowest BCUT2D eigenvalue weighted by Gasteiger charge is -2.26. The van der Waals surface area contributed by atoms with Gasteiger partial charge in [-0.2, -0.15) is 0 Å². The summed E-state index contributed by atoms with van der Waals surface area (Å²) >= 11 is 0. The summed E-state index contributed by atoms with van der Waals surface area (Å²) < 4.78 is 5.25. The molecule has 0 aliphatic heterocycles. The number of methoxy groups -OCH3 is 1. The third-order valence-electron chi connectivity index (χ3n) is 4.14. The van der Waals surface area contributed by atoms with Crippen LogP contribution in [0.2, 0.25) is 0 Å². The Bertz CT molecular complexity index is 751. The molecule has 25 heavy (non-hydrogen) atoms. The van der Waals surface area contributed by atoms with Crippen molar-refractivity contribution in [1.29, 1.82) is 0 Å². The minimum atomic E-state index is -0.976. The second-order valence-electron chi connectivity index (χ2n) is 6.57. The number of ether oxygens (including phenoxy) is 1. The predicted molar refractivity (Wildman–Crippen MR) is 96.1 cm³/mol. The number of carbonyl (C=O) groups is 2. The Morgan fingerprint density at radius 3 is 2.40 bits per heavy atom. The molecule has 0 unspecified atom stereocenters. The van der Waals surface area contributed by atoms with Crippen LogP contribution >= 0.6 is 0 Å². The largest absolute Gasteiger partial charge is 0.497 e. The Labute approximate surface area is 147 Å². The number of aromatic carboxylic acids is 1. The number of nitrogens with one attached hydrogen (secondary N) is 1. The van der Waals surface area contributed by atoms with Gasteiger partial charge in [-0.15, -0.1) is 0 Å². The molecule has 0 bridgehead atoms. The van der Waals surface area contributed by atoms with Crippen molar-refractivity contribution < 1.29 is 19.4 Å². The van der Waals surface area contributed by atoms with Crippen LogP contribution in [0.4, 0.5) is 0 Å². The van der Waals surface area contributed by atoms with Gasteiger partial charge >= 0.3 is 5.97 Å². The van der Waals surface area contributed by atoms with Crippen LogP contribution in [-0.2, 0) is 16.6 Å². The Balaban J connectivity index is 1.94. The second-order valence-corrected chi connectivity index (χ2v) is 6.57. The van der Waals surface area contributed by atoms with Crippen molar-refractivity contribution >= 4 is 11.9 Å². The van der Waals surface area contributed by atoms with Crippen LogP contribution in [0.15, 0.2) is 48.5 Å². The maximum Gasteiger partial charge on any atom is 0.335 e. The van der Waals surface area contributed by atoms with Gasteiger partial charge in [-0.3, -0.25) is 4.79 Å². The van der Waals surface area contributed by atoms with E-state index in [2.05, 4.69) is 19.2 Å². The van der Waals surface area contributed by atoms with Crippen LogP contribution in [-0.4, -0.2) is 30.6 Å². The van der Waals surface area contributed by atoms with E-state index in [1.807, 2.05) is 24.3 Å². The Hall–Kier alpha value is -2.82. The lowest BCUT2D eigenvalue weighted by Crippen LogP contribution is -2.37. The van der Waals surface area contributed by atoms with Gasteiger partial charge in [-0.05, 0) is 35.4 Å². The van der Waals surface area contributed by atoms with E-state index in [1.165, 1.54) is 12.1 Å². The maximum atomic E-state index is 12.2. The number of amides is 1. The van der Waals surface area contributed by atoms with E-state index in [4.69, 9.17) is 9.84 Å². The molecule has 0 aromatic heterocycles. The van der Waals surface area contributed by atoms with Crippen molar-refractivity contribution in [2.45, 2.75) is 25.7 Å². The summed E-state index contributed by atoms with van der Waals surface area (Å²) in [6.45, 7) is 4.61. The van der Waals surface area contributed by atoms with Gasteiger partial charge < -0.3 is 15.2 Å². The summed E-state index contributed by atoms with van der Waals surface area (Å²) in [5.41, 5.74) is 1.83. The summed E-state index contributed by atoms with van der Waals surface area (Å²) in [4.78, 5) is 23.0. The van der Waals surface area contributed by atoms with Crippen LogP contribution in [0.3, 0.4) is 0 Å². The van der Waals surface area contributed by atoms with Gasteiger partial charge in [0.1, 0.15) is 5.75 Å². The van der Waals surface area contributed by atoms with Gasteiger partial charge in [0, 0.05) is 12.0 Å². The lowest BCUT2D eigenvalue weighted by atomic mass is 9.84. The van der Waals surface area contributed by atoms with Crippen LogP contribution in [0.5, 0.6) is 5.75 Å². The Morgan fingerprint density at radius 1 is 1.12 bits per heavy atom. The molecule has 0 atom stereocenters. The third kappa shape index (κ3) is 5.08. The summed E-state index contributed by atoms with van der Waals surface area (Å²) in [5.74, 6) is -0.287. The van der Waals surface area contributed by atoms with Crippen molar-refractivity contribution in [3.63, 3.8) is 0 Å². The van der Waals surface area contributed by atoms with Crippen molar-refractivity contribution in [3.05, 3.63) is 65.2 Å². The second kappa shape index (κ2) is 7.83. The molecule has 5 heteroatoms. The molecule has 2 rings (SSSR count). The zero-order valence-electron chi connectivity index (χ0n) is 14.7. The highest BCUT2D eigenvalue weighted by atomic mass is 16.5. The zero-order chi connectivity index (χ0) is 18.4. The predicted octanol–water partition coefficient (Wildman–Crippen LogP) is 3.03. The minimum absolute atomic E-state index is 0.0981. The topological polar surface area (TPSA) is 75.6 Å². The first-order valence-electron chi connectivity index (χ1n) is 8.05. The van der Waals surface area contributed by atoms with Gasteiger partial charge in [0.25, 0.3) is 0 Å². The molecule has 2 aromatic carbocycles. The van der Waals surface area contributed by atoms with E-state index in [0.717, 1.165) is 16.9 Å². The van der Waals surface area contributed by atoms with E-state index >= 15 is 0 Å². The molecule has 0 radical (unpaired) electrons. The molecule has 0 saturated heterocycles. The summed E-state index contributed by atoms with van der Waals surface area (Å²) in [7, 11) is 1.63. The quantitative estimate of drug-likeness (QED) is 0.812. The number of benzene rings is 2. The minimum Gasteiger partial charge on any atom is -0.497 e.